The maximum absolute atomic E-state index is 10.3. The number of nitrogens with zero attached hydrogens (tertiary/aromatic N) is 6. The molecule has 0 radical (unpaired) electrons. The monoisotopic (exact) mass is 694 g/mol. The molecule has 0 bridgehead atoms. The number of rotatable bonds is 6. The first-order valence-corrected chi connectivity index (χ1v) is 14.3. The molecule has 4 aromatic rings. The smallest absolute Gasteiger partial charge is 0.258 e. The molecule has 0 N–H and O–H groups in total. The van der Waals surface area contributed by atoms with Gasteiger partial charge in [-0.05, 0) is 99.9 Å². The normalized spacial score (nSPS) is 9.76. The fraction of sp³-hybridized carbons (Fsp3) is 0.250. The number of nitro groups is 6. The van der Waals surface area contributed by atoms with Crippen LogP contribution in [0.5, 0.6) is 0 Å². The first-order valence-electron chi connectivity index (χ1n) is 14.3. The summed E-state index contributed by atoms with van der Waals surface area (Å²) >= 11 is 0. The van der Waals surface area contributed by atoms with Crippen molar-refractivity contribution in [2.45, 2.75) is 55.4 Å². The van der Waals surface area contributed by atoms with Gasteiger partial charge in [-0.15, -0.1) is 0 Å². The van der Waals surface area contributed by atoms with Gasteiger partial charge in [0, 0.05) is 0 Å². The van der Waals surface area contributed by atoms with E-state index in [-0.39, 0.29) is 0 Å². The number of hydrogen-bond acceptors (Lipinski definition) is 12. The minimum atomic E-state index is -0.931. The molecule has 18 heteroatoms. The van der Waals surface area contributed by atoms with E-state index >= 15 is 0 Å². The van der Waals surface area contributed by atoms with Crippen LogP contribution in [0.15, 0.2) is 60.7 Å². The van der Waals surface area contributed by atoms with Crippen molar-refractivity contribution < 1.29 is 29.5 Å². The lowest BCUT2D eigenvalue weighted by Gasteiger charge is -2.04. The molecule has 0 saturated carbocycles. The summed E-state index contributed by atoms with van der Waals surface area (Å²) in [5.41, 5.74) is 7.03. The molecule has 50 heavy (non-hydrogen) atoms. The molecular weight excluding hydrogens is 660 g/mol. The van der Waals surface area contributed by atoms with Crippen molar-refractivity contribution in [1.82, 2.24) is 0 Å². The van der Waals surface area contributed by atoms with Crippen LogP contribution in [0.2, 0.25) is 0 Å². The average Bonchev–Trinajstić information content (AvgIpc) is 3.03. The molecule has 0 unspecified atom stereocenters. The summed E-state index contributed by atoms with van der Waals surface area (Å²) in [7, 11) is 0. The zero-order chi connectivity index (χ0) is 38.6. The van der Waals surface area contributed by atoms with Gasteiger partial charge >= 0.3 is 0 Å². The molecule has 0 heterocycles. The third-order valence-corrected chi connectivity index (χ3v) is 7.26. The van der Waals surface area contributed by atoms with Gasteiger partial charge in [0.05, 0.1) is 65.9 Å². The van der Waals surface area contributed by atoms with Gasteiger partial charge in [0.2, 0.25) is 0 Å². The Morgan fingerprint density at radius 1 is 0.260 bits per heavy atom. The van der Waals surface area contributed by atoms with Gasteiger partial charge in [-0.1, -0.05) is 24.3 Å². The zero-order valence-electron chi connectivity index (χ0n) is 28.4. The summed E-state index contributed by atoms with van der Waals surface area (Å²) in [5, 5.41) is 61.9. The Balaban J connectivity index is 0.000000339. The number of nitro benzene ring substituents is 6. The second-order valence-corrected chi connectivity index (χ2v) is 11.0. The van der Waals surface area contributed by atoms with Gasteiger partial charge in [-0.2, -0.15) is 0 Å². The predicted octanol–water partition coefficient (Wildman–Crippen LogP) is 8.66. The maximum atomic E-state index is 10.3. The average molecular weight is 695 g/mol. The van der Waals surface area contributed by atoms with E-state index < -0.39 is 63.7 Å². The summed E-state index contributed by atoms with van der Waals surface area (Å²) in [4.78, 5) is 56.3. The number of non-ortho nitro benzene ring substituents is 6. The molecule has 0 atom stereocenters. The minimum Gasteiger partial charge on any atom is -0.258 e. The molecule has 4 rings (SSSR count). The second-order valence-electron chi connectivity index (χ2n) is 11.0. The number of benzene rings is 4. The molecule has 18 nitrogen and oxygen atoms in total. The highest BCUT2D eigenvalue weighted by Gasteiger charge is 2.22. The summed E-state index contributed by atoms with van der Waals surface area (Å²) in [5.74, 6) is 0. The molecule has 4 aromatic carbocycles. The van der Waals surface area contributed by atoms with Crippen molar-refractivity contribution in [1.29, 1.82) is 0 Å². The van der Waals surface area contributed by atoms with Crippen LogP contribution >= 0.6 is 0 Å². The molecule has 0 saturated heterocycles. The lowest BCUT2D eigenvalue weighted by atomic mass is 10.0. The molecule has 0 aliphatic heterocycles. The summed E-state index contributed by atoms with van der Waals surface area (Å²) in [6, 6.07) is 12.9. The Labute approximate surface area is 284 Å². The SMILES string of the molecule is Cc1cc(C)c(C)cc1C.Cc1cc(C)c(C)cc1C.O=[N+]([O-])c1cc([N+](=O)[O-])cc([N+](=O)[O-])c1.O=[N+]([O-])c1cc([N+](=O)[O-])cc([N+](=O)[O-])c1. The van der Waals surface area contributed by atoms with Crippen LogP contribution in [0, 0.1) is 116 Å². The highest BCUT2D eigenvalue weighted by Crippen LogP contribution is 2.28. The minimum absolute atomic E-state index is 0.660. The van der Waals surface area contributed by atoms with E-state index in [9.17, 15) is 60.7 Å². The Morgan fingerprint density at radius 2 is 0.360 bits per heavy atom. The van der Waals surface area contributed by atoms with Crippen molar-refractivity contribution in [2.24, 2.45) is 0 Å². The molecule has 0 aliphatic rings. The first kappa shape index (κ1) is 41.3. The van der Waals surface area contributed by atoms with Gasteiger partial charge < -0.3 is 0 Å². The second kappa shape index (κ2) is 18.0. The highest BCUT2D eigenvalue weighted by molar-refractivity contribution is 5.53. The zero-order valence-corrected chi connectivity index (χ0v) is 28.4. The Bertz CT molecular complexity index is 1580. The Hall–Kier alpha value is -6.72. The van der Waals surface area contributed by atoms with Gasteiger partial charge in [-0.3, -0.25) is 60.7 Å². The van der Waals surface area contributed by atoms with Crippen LogP contribution in [-0.2, 0) is 0 Å². The van der Waals surface area contributed by atoms with E-state index in [1.165, 1.54) is 44.5 Å². The summed E-state index contributed by atoms with van der Waals surface area (Å²) < 4.78 is 0. The fourth-order valence-electron chi connectivity index (χ4n) is 4.00. The number of hydrogen-bond donors (Lipinski definition) is 0. The van der Waals surface area contributed by atoms with Gasteiger partial charge in [0.15, 0.2) is 0 Å². The van der Waals surface area contributed by atoms with E-state index in [2.05, 4.69) is 79.7 Å². The van der Waals surface area contributed by atoms with Crippen molar-refractivity contribution in [3.63, 3.8) is 0 Å². The van der Waals surface area contributed by atoms with Gasteiger partial charge in [-0.25, -0.2) is 0 Å². The van der Waals surface area contributed by atoms with E-state index in [1.54, 1.807) is 0 Å². The van der Waals surface area contributed by atoms with Crippen molar-refractivity contribution in [2.75, 3.05) is 0 Å². The summed E-state index contributed by atoms with van der Waals surface area (Å²) in [6.07, 6.45) is 0. The van der Waals surface area contributed by atoms with Gasteiger partial charge in [0.1, 0.15) is 0 Å². The maximum Gasteiger partial charge on any atom is 0.283 e. The third-order valence-electron chi connectivity index (χ3n) is 7.26. The Kier molecular flexibility index (Phi) is 14.9. The number of aryl methyl sites for hydroxylation is 8. The van der Waals surface area contributed by atoms with Gasteiger partial charge in [0.25, 0.3) is 34.1 Å². The molecule has 0 spiro atoms. The highest BCUT2D eigenvalue weighted by atomic mass is 16.6. The molecular formula is C32H34N6O12. The van der Waals surface area contributed by atoms with Crippen LogP contribution in [0.4, 0.5) is 34.1 Å². The van der Waals surface area contributed by atoms with Crippen molar-refractivity contribution in [3.05, 3.63) is 166 Å². The van der Waals surface area contributed by atoms with Crippen LogP contribution in [0.25, 0.3) is 0 Å². The van der Waals surface area contributed by atoms with Crippen molar-refractivity contribution in [3.8, 4) is 0 Å². The van der Waals surface area contributed by atoms with Crippen LogP contribution in [0.3, 0.4) is 0 Å². The van der Waals surface area contributed by atoms with Crippen molar-refractivity contribution >= 4 is 34.1 Å². The Morgan fingerprint density at radius 3 is 0.440 bits per heavy atom. The quantitative estimate of drug-likeness (QED) is 0.135. The topological polar surface area (TPSA) is 259 Å². The van der Waals surface area contributed by atoms with Crippen LogP contribution in [0.1, 0.15) is 44.5 Å². The predicted molar refractivity (Wildman–Crippen MR) is 184 cm³/mol. The fourth-order valence-corrected chi connectivity index (χ4v) is 4.00. The lowest BCUT2D eigenvalue weighted by Crippen LogP contribution is -1.96. The summed E-state index contributed by atoms with van der Waals surface area (Å²) in [6.45, 7) is 17.2. The largest absolute Gasteiger partial charge is 0.283 e. The molecule has 0 aliphatic carbocycles. The molecule has 0 fully saturated rings. The van der Waals surface area contributed by atoms with E-state index in [4.69, 9.17) is 0 Å². The van der Waals surface area contributed by atoms with E-state index in [0.717, 1.165) is 0 Å². The molecule has 0 aromatic heterocycles. The lowest BCUT2D eigenvalue weighted by molar-refractivity contribution is -0.403. The molecule has 0 amide bonds. The molecule has 264 valence electrons. The van der Waals surface area contributed by atoms with Crippen LogP contribution in [-0.4, -0.2) is 29.5 Å². The van der Waals surface area contributed by atoms with E-state index in [0.29, 0.717) is 36.4 Å². The first-order chi connectivity index (χ1) is 23.0. The van der Waals surface area contributed by atoms with Crippen LogP contribution < -0.4 is 0 Å². The van der Waals surface area contributed by atoms with E-state index in [1.807, 2.05) is 0 Å². The standard InChI is InChI=1S/2C10H14.2C6H3N3O6/c2*1-7-5-9(3)10(4)6-8(7)2;2*10-7(11)4-1-5(8(12)13)3-6(2-4)9(14)15/h2*5-6H,1-4H3;2*1-3H. The third kappa shape index (κ3) is 12.5.